The molecule has 2 amide bonds. The van der Waals surface area contributed by atoms with Crippen LogP contribution in [0.15, 0.2) is 133 Å². The Hall–Kier alpha value is -7.82. The van der Waals surface area contributed by atoms with Gasteiger partial charge in [-0.2, -0.15) is 10.5 Å². The molecule has 0 fully saturated rings. The van der Waals surface area contributed by atoms with Gasteiger partial charge in [-0.05, 0) is 131 Å². The van der Waals surface area contributed by atoms with Crippen molar-refractivity contribution in [1.29, 1.82) is 10.5 Å². The van der Waals surface area contributed by atoms with Gasteiger partial charge in [-0.3, -0.25) is 19.2 Å². The van der Waals surface area contributed by atoms with E-state index in [1.54, 1.807) is 18.2 Å². The number of carboxylic acids is 1. The van der Waals surface area contributed by atoms with E-state index in [-0.39, 0.29) is 42.5 Å². The average Bonchev–Trinajstić information content (AvgIpc) is 3.34. The Morgan fingerprint density at radius 3 is 1.40 bits per heavy atom. The molecule has 10 nitrogen and oxygen atoms in total. The van der Waals surface area contributed by atoms with Crippen LogP contribution in [-0.2, 0) is 40.3 Å². The summed E-state index contributed by atoms with van der Waals surface area (Å²) in [6.07, 6.45) is 1.73. The summed E-state index contributed by atoms with van der Waals surface area (Å²) in [5.41, 5.74) is 12.7. The molecule has 0 aromatic heterocycles. The molecule has 0 spiro atoms. The number of amides is 2. The normalized spacial score (nSPS) is 13.6. The largest absolute Gasteiger partial charge is 0.481 e. The highest BCUT2D eigenvalue weighted by atomic mass is 16.5. The maximum absolute atomic E-state index is 13.0. The summed E-state index contributed by atoms with van der Waals surface area (Å²) in [6, 6.07) is 46.2. The number of nitriles is 2. The molecule has 0 aliphatic carbocycles. The third-order valence-corrected chi connectivity index (χ3v) is 12.4. The molecule has 1 N–H and O–H groups in total. The molecule has 0 saturated carbocycles. The summed E-state index contributed by atoms with van der Waals surface area (Å²) in [5.74, 6) is -1.66. The smallest absolute Gasteiger partial charge is 0.306 e. The highest BCUT2D eigenvalue weighted by Crippen LogP contribution is 2.35. The predicted octanol–water partition coefficient (Wildman–Crippen LogP) is 9.43. The number of nitrogens with zero attached hydrogens (tertiary/aromatic N) is 4. The summed E-state index contributed by atoms with van der Waals surface area (Å²) in [5, 5.41) is 28.0. The van der Waals surface area contributed by atoms with Crippen molar-refractivity contribution in [3.63, 3.8) is 0 Å². The van der Waals surface area contributed by atoms with Gasteiger partial charge in [-0.15, -0.1) is 0 Å². The highest BCUT2D eigenvalue weighted by molar-refractivity contribution is 5.95. The Morgan fingerprint density at radius 2 is 1.02 bits per heavy atom. The van der Waals surface area contributed by atoms with Gasteiger partial charge in [0.2, 0.25) is 0 Å². The van der Waals surface area contributed by atoms with E-state index in [1.807, 2.05) is 115 Å². The zero-order chi connectivity index (χ0) is 46.0. The van der Waals surface area contributed by atoms with Crippen LogP contribution in [0.1, 0.15) is 112 Å². The van der Waals surface area contributed by atoms with Crippen LogP contribution in [-0.4, -0.2) is 58.9 Å². The molecule has 8 rings (SSSR count). The number of fused-ring (bicyclic) bond motifs is 2. The van der Waals surface area contributed by atoms with Crippen molar-refractivity contribution in [1.82, 2.24) is 9.80 Å². The second-order valence-corrected chi connectivity index (χ2v) is 16.6. The van der Waals surface area contributed by atoms with Gasteiger partial charge in [-0.1, -0.05) is 84.9 Å². The fourth-order valence-corrected chi connectivity index (χ4v) is 8.97. The van der Waals surface area contributed by atoms with Gasteiger partial charge >= 0.3 is 11.9 Å². The number of aryl methyl sites for hydroxylation is 2. The van der Waals surface area contributed by atoms with Crippen LogP contribution in [0.2, 0.25) is 0 Å². The van der Waals surface area contributed by atoms with Crippen LogP contribution in [0.3, 0.4) is 0 Å². The first-order chi connectivity index (χ1) is 31.5. The molecule has 0 bridgehead atoms. The van der Waals surface area contributed by atoms with Crippen LogP contribution in [0.4, 0.5) is 0 Å². The number of carbonyl (C=O) groups is 4. The molecule has 2 heterocycles. The third-order valence-electron chi connectivity index (χ3n) is 12.4. The average molecular weight is 863 g/mol. The van der Waals surface area contributed by atoms with Gasteiger partial charge in [0.1, 0.15) is 0 Å². The Morgan fingerprint density at radius 1 is 0.585 bits per heavy atom. The van der Waals surface area contributed by atoms with Crippen LogP contribution in [0.5, 0.6) is 0 Å². The molecule has 65 heavy (non-hydrogen) atoms. The number of rotatable bonds is 10. The summed E-state index contributed by atoms with van der Waals surface area (Å²) >= 11 is 0. The highest BCUT2D eigenvalue weighted by Gasteiger charge is 2.27. The monoisotopic (exact) mass is 862 g/mol. The summed E-state index contributed by atoms with van der Waals surface area (Å²) in [7, 11) is 1.39. The second-order valence-electron chi connectivity index (χ2n) is 16.6. The number of carbonyl (C=O) groups excluding carboxylic acids is 3. The SMILES string of the molecule is COC(=O)CC(c1ccc2c(c1)CN(C(=O)c1ccccc1)CC2)c1ccc(C#N)cc1C.Cc1cc(C#N)ccc1C(CC(=O)O)c1ccc2c(c1)CN(C(=O)c1ccccc1)CC2. The van der Waals surface area contributed by atoms with Gasteiger partial charge < -0.3 is 19.6 Å². The minimum Gasteiger partial charge on any atom is -0.481 e. The van der Waals surface area contributed by atoms with Crippen molar-refractivity contribution in [3.8, 4) is 12.1 Å². The summed E-state index contributed by atoms with van der Waals surface area (Å²) in [6.45, 7) is 6.24. The molecule has 2 atom stereocenters. The second kappa shape index (κ2) is 20.6. The van der Waals surface area contributed by atoms with Gasteiger partial charge in [0.15, 0.2) is 0 Å². The predicted molar refractivity (Wildman–Crippen MR) is 247 cm³/mol. The molecule has 10 heteroatoms. The van der Waals surface area contributed by atoms with Crippen LogP contribution < -0.4 is 0 Å². The third kappa shape index (κ3) is 10.7. The van der Waals surface area contributed by atoms with Crippen LogP contribution in [0.25, 0.3) is 0 Å². The zero-order valence-corrected chi connectivity index (χ0v) is 36.8. The molecule has 2 aliphatic rings. The number of aliphatic carboxylic acids is 1. The molecule has 2 aliphatic heterocycles. The molecule has 0 saturated heterocycles. The number of ether oxygens (including phenoxy) is 1. The van der Waals surface area contributed by atoms with Crippen molar-refractivity contribution in [2.75, 3.05) is 20.2 Å². The number of esters is 1. The van der Waals surface area contributed by atoms with Gasteiger partial charge in [-0.25, -0.2) is 0 Å². The van der Waals surface area contributed by atoms with Crippen LogP contribution >= 0.6 is 0 Å². The molecule has 2 unspecified atom stereocenters. The fourth-order valence-electron chi connectivity index (χ4n) is 8.97. The van der Waals surface area contributed by atoms with E-state index in [0.29, 0.717) is 48.4 Å². The molecule has 6 aromatic rings. The molecular weight excluding hydrogens is 813 g/mol. The number of carboxylic acid groups (broad SMARTS) is 1. The molecule has 6 aromatic carbocycles. The van der Waals surface area contributed by atoms with Crippen LogP contribution in [0, 0.1) is 36.5 Å². The quantitative estimate of drug-likeness (QED) is 0.134. The van der Waals surface area contributed by atoms with Gasteiger partial charge in [0.05, 0.1) is 43.2 Å². The first kappa shape index (κ1) is 45.2. The van der Waals surface area contributed by atoms with E-state index in [0.717, 1.165) is 57.3 Å². The lowest BCUT2D eigenvalue weighted by Crippen LogP contribution is -2.36. The first-order valence-electron chi connectivity index (χ1n) is 21.7. The number of methoxy groups -OCH3 is 1. The van der Waals surface area contributed by atoms with E-state index in [4.69, 9.17) is 10.00 Å². The van der Waals surface area contributed by atoms with Crippen molar-refractivity contribution >= 4 is 23.8 Å². The number of hydrogen-bond donors (Lipinski definition) is 1. The minimum atomic E-state index is -0.877. The Labute approximate surface area is 380 Å². The molecule has 0 radical (unpaired) electrons. The first-order valence-corrected chi connectivity index (χ1v) is 21.7. The number of benzene rings is 6. The van der Waals surface area contributed by atoms with E-state index in [2.05, 4.69) is 36.4 Å². The topological polar surface area (TPSA) is 152 Å². The lowest BCUT2D eigenvalue weighted by molar-refractivity contribution is -0.141. The molecule has 326 valence electrons. The molecular formula is C55H50N4O6. The zero-order valence-electron chi connectivity index (χ0n) is 36.8. The Kier molecular flexibility index (Phi) is 14.3. The van der Waals surface area contributed by atoms with E-state index in [9.17, 15) is 29.5 Å². The maximum Gasteiger partial charge on any atom is 0.306 e. The summed E-state index contributed by atoms with van der Waals surface area (Å²) in [4.78, 5) is 53.6. The van der Waals surface area contributed by atoms with Crippen molar-refractivity contribution < 1.29 is 29.0 Å². The number of hydrogen-bond acceptors (Lipinski definition) is 7. The van der Waals surface area contributed by atoms with Crippen molar-refractivity contribution in [2.45, 2.75) is 64.5 Å². The lowest BCUT2D eigenvalue weighted by atomic mass is 9.83. The van der Waals surface area contributed by atoms with E-state index in [1.165, 1.54) is 18.2 Å². The van der Waals surface area contributed by atoms with E-state index >= 15 is 0 Å². The summed E-state index contributed by atoms with van der Waals surface area (Å²) < 4.78 is 4.97. The fraction of sp³-hybridized carbons (Fsp3) is 0.236. The van der Waals surface area contributed by atoms with Crippen molar-refractivity contribution in [3.05, 3.63) is 211 Å². The Bertz CT molecular complexity index is 2830. The standard InChI is InChI=1S/C28H26N2O3.C27H24N2O3/c1-19-14-20(17-29)8-11-25(19)26(16-27(31)33-2)23-10-9-21-12-13-30(18-24(21)15-23)28(32)22-6-4-3-5-7-22;1-18-13-19(16-28)7-10-24(18)25(15-26(30)31)22-9-8-20-11-12-29(17-23(20)14-22)27(32)21-5-3-2-4-6-21/h3-11,14-15,26H,12-13,16,18H2,1-2H3;2-10,13-14,25H,11-12,15,17H2,1H3,(H,30,31). The lowest BCUT2D eigenvalue weighted by Gasteiger charge is -2.30. The van der Waals surface area contributed by atoms with Crippen molar-refractivity contribution in [2.24, 2.45) is 0 Å². The Balaban J connectivity index is 0.000000194. The van der Waals surface area contributed by atoms with Gasteiger partial charge in [0.25, 0.3) is 11.8 Å². The van der Waals surface area contributed by atoms with E-state index < -0.39 is 5.97 Å². The maximum atomic E-state index is 13.0. The minimum absolute atomic E-state index is 0.00618. The van der Waals surface area contributed by atoms with Gasteiger partial charge in [0, 0.05) is 49.1 Å².